The molecular formula is C14H15N5O2. The van der Waals surface area contributed by atoms with Gasteiger partial charge in [0, 0.05) is 18.6 Å². The van der Waals surface area contributed by atoms with Crippen molar-refractivity contribution in [2.45, 2.75) is 26.3 Å². The molecule has 0 aliphatic heterocycles. The standard InChI is InChI=1S/C14H15N5O2/c1-3-11(17-13(20)10-7-16-21-9(10)2)12-8-19-6-4-5-15-14(19)18-12/h4-8,11H,3H2,1-2H3,(H,17,20)/t11-/m0/s1. The summed E-state index contributed by atoms with van der Waals surface area (Å²) in [6.45, 7) is 3.70. The van der Waals surface area contributed by atoms with Crippen LogP contribution in [0, 0.1) is 6.92 Å². The number of hydrogen-bond donors (Lipinski definition) is 1. The highest BCUT2D eigenvalue weighted by Gasteiger charge is 2.20. The minimum absolute atomic E-state index is 0.187. The van der Waals surface area contributed by atoms with E-state index in [2.05, 4.69) is 20.4 Å². The summed E-state index contributed by atoms with van der Waals surface area (Å²) in [5.41, 5.74) is 1.22. The summed E-state index contributed by atoms with van der Waals surface area (Å²) < 4.78 is 6.74. The predicted molar refractivity (Wildman–Crippen MR) is 74.7 cm³/mol. The van der Waals surface area contributed by atoms with E-state index in [1.807, 2.05) is 29.8 Å². The molecule has 3 aromatic rings. The van der Waals surface area contributed by atoms with Gasteiger partial charge < -0.3 is 9.84 Å². The Kier molecular flexibility index (Phi) is 3.39. The Labute approximate surface area is 121 Å². The van der Waals surface area contributed by atoms with Crippen LogP contribution in [0.15, 0.2) is 35.4 Å². The average Bonchev–Trinajstić information content (AvgIpc) is 3.10. The fraction of sp³-hybridized carbons (Fsp3) is 0.286. The van der Waals surface area contributed by atoms with Gasteiger partial charge in [0.25, 0.3) is 5.91 Å². The Morgan fingerprint density at radius 2 is 2.38 bits per heavy atom. The first-order valence-corrected chi connectivity index (χ1v) is 6.70. The molecule has 1 amide bonds. The van der Waals surface area contributed by atoms with Crippen molar-refractivity contribution in [3.8, 4) is 0 Å². The smallest absolute Gasteiger partial charge is 0.257 e. The lowest BCUT2D eigenvalue weighted by atomic mass is 10.1. The van der Waals surface area contributed by atoms with Gasteiger partial charge >= 0.3 is 0 Å². The van der Waals surface area contributed by atoms with Gasteiger partial charge in [0.1, 0.15) is 11.3 Å². The number of imidazole rings is 1. The van der Waals surface area contributed by atoms with Gasteiger partial charge in [0.2, 0.25) is 5.78 Å². The van der Waals surface area contributed by atoms with Crippen molar-refractivity contribution in [3.05, 3.63) is 47.9 Å². The third kappa shape index (κ3) is 2.49. The molecule has 0 radical (unpaired) electrons. The number of rotatable bonds is 4. The van der Waals surface area contributed by atoms with Crippen molar-refractivity contribution in [1.29, 1.82) is 0 Å². The number of carbonyl (C=O) groups excluding carboxylic acids is 1. The quantitative estimate of drug-likeness (QED) is 0.791. The van der Waals surface area contributed by atoms with E-state index < -0.39 is 0 Å². The summed E-state index contributed by atoms with van der Waals surface area (Å²) in [6.07, 6.45) is 7.57. The summed E-state index contributed by atoms with van der Waals surface area (Å²) in [5.74, 6) is 0.894. The second kappa shape index (κ2) is 5.35. The molecule has 0 spiro atoms. The Bertz CT molecular complexity index is 743. The molecule has 3 aromatic heterocycles. The van der Waals surface area contributed by atoms with Crippen molar-refractivity contribution < 1.29 is 9.32 Å². The molecule has 0 saturated carbocycles. The number of fused-ring (bicyclic) bond motifs is 1. The van der Waals surface area contributed by atoms with Crippen LogP contribution in [0.4, 0.5) is 0 Å². The highest BCUT2D eigenvalue weighted by molar-refractivity contribution is 5.94. The number of nitrogens with zero attached hydrogens (tertiary/aromatic N) is 4. The minimum Gasteiger partial charge on any atom is -0.361 e. The second-order valence-electron chi connectivity index (χ2n) is 4.72. The second-order valence-corrected chi connectivity index (χ2v) is 4.72. The molecule has 1 atom stereocenters. The van der Waals surface area contributed by atoms with Crippen molar-refractivity contribution in [2.24, 2.45) is 0 Å². The molecule has 0 aliphatic carbocycles. The van der Waals surface area contributed by atoms with Crippen LogP contribution in [0.25, 0.3) is 5.78 Å². The molecule has 0 fully saturated rings. The van der Waals surface area contributed by atoms with Gasteiger partial charge in [0.15, 0.2) is 0 Å². The Balaban J connectivity index is 1.85. The van der Waals surface area contributed by atoms with E-state index >= 15 is 0 Å². The monoisotopic (exact) mass is 285 g/mol. The van der Waals surface area contributed by atoms with Gasteiger partial charge in [-0.3, -0.25) is 9.20 Å². The molecule has 3 rings (SSSR count). The minimum atomic E-state index is -0.217. The zero-order valence-electron chi connectivity index (χ0n) is 11.8. The average molecular weight is 285 g/mol. The molecule has 108 valence electrons. The van der Waals surface area contributed by atoms with E-state index in [0.29, 0.717) is 17.1 Å². The number of aromatic nitrogens is 4. The van der Waals surface area contributed by atoms with Crippen LogP contribution in [0.5, 0.6) is 0 Å². The zero-order valence-corrected chi connectivity index (χ0v) is 11.8. The van der Waals surface area contributed by atoms with Crippen molar-refractivity contribution >= 4 is 11.7 Å². The van der Waals surface area contributed by atoms with Crippen LogP contribution >= 0.6 is 0 Å². The van der Waals surface area contributed by atoms with Crippen LogP contribution in [0.2, 0.25) is 0 Å². The number of hydrogen-bond acceptors (Lipinski definition) is 5. The molecule has 3 heterocycles. The van der Waals surface area contributed by atoms with E-state index in [4.69, 9.17) is 4.52 Å². The van der Waals surface area contributed by atoms with Crippen molar-refractivity contribution in [2.75, 3.05) is 0 Å². The summed E-state index contributed by atoms with van der Waals surface area (Å²) in [6, 6.07) is 1.65. The lowest BCUT2D eigenvalue weighted by Gasteiger charge is -2.13. The third-order valence-corrected chi connectivity index (χ3v) is 3.32. The van der Waals surface area contributed by atoms with Crippen LogP contribution in [-0.2, 0) is 0 Å². The molecule has 7 heteroatoms. The normalized spacial score (nSPS) is 12.5. The van der Waals surface area contributed by atoms with E-state index in [1.54, 1.807) is 13.1 Å². The highest BCUT2D eigenvalue weighted by atomic mass is 16.5. The van der Waals surface area contributed by atoms with Gasteiger partial charge in [0.05, 0.1) is 17.9 Å². The van der Waals surface area contributed by atoms with E-state index in [9.17, 15) is 4.79 Å². The molecule has 0 aliphatic rings. The maximum atomic E-state index is 12.2. The molecule has 7 nitrogen and oxygen atoms in total. The predicted octanol–water partition coefficient (Wildman–Crippen LogP) is 1.91. The number of carbonyl (C=O) groups is 1. The summed E-state index contributed by atoms with van der Waals surface area (Å²) in [4.78, 5) is 20.8. The van der Waals surface area contributed by atoms with E-state index in [-0.39, 0.29) is 11.9 Å². The fourth-order valence-corrected chi connectivity index (χ4v) is 2.15. The van der Waals surface area contributed by atoms with Crippen molar-refractivity contribution in [3.63, 3.8) is 0 Å². The topological polar surface area (TPSA) is 85.3 Å². The van der Waals surface area contributed by atoms with Gasteiger partial charge in [-0.15, -0.1) is 0 Å². The molecule has 0 bridgehead atoms. The van der Waals surface area contributed by atoms with Gasteiger partial charge in [-0.2, -0.15) is 0 Å². The first-order chi connectivity index (χ1) is 10.2. The molecule has 1 N–H and O–H groups in total. The summed E-state index contributed by atoms with van der Waals surface area (Å²) in [7, 11) is 0. The van der Waals surface area contributed by atoms with Crippen LogP contribution in [0.3, 0.4) is 0 Å². The van der Waals surface area contributed by atoms with Gasteiger partial charge in [-0.25, -0.2) is 9.97 Å². The first-order valence-electron chi connectivity index (χ1n) is 6.70. The largest absolute Gasteiger partial charge is 0.361 e. The lowest BCUT2D eigenvalue weighted by molar-refractivity contribution is 0.0933. The Morgan fingerprint density at radius 3 is 3.05 bits per heavy atom. The third-order valence-electron chi connectivity index (χ3n) is 3.32. The first kappa shape index (κ1) is 13.3. The zero-order chi connectivity index (χ0) is 14.8. The van der Waals surface area contributed by atoms with E-state index in [0.717, 1.165) is 12.1 Å². The SMILES string of the molecule is CC[C@H](NC(=O)c1cnoc1C)c1cn2cccnc2n1. The summed E-state index contributed by atoms with van der Waals surface area (Å²) >= 11 is 0. The Morgan fingerprint density at radius 1 is 1.52 bits per heavy atom. The van der Waals surface area contributed by atoms with Gasteiger partial charge in [-0.1, -0.05) is 12.1 Å². The number of aryl methyl sites for hydroxylation is 1. The summed E-state index contributed by atoms with van der Waals surface area (Å²) in [5, 5.41) is 6.56. The maximum absolute atomic E-state index is 12.2. The number of amides is 1. The van der Waals surface area contributed by atoms with Gasteiger partial charge in [-0.05, 0) is 19.4 Å². The molecular weight excluding hydrogens is 270 g/mol. The lowest BCUT2D eigenvalue weighted by Crippen LogP contribution is -2.28. The molecule has 21 heavy (non-hydrogen) atoms. The number of nitrogens with one attached hydrogen (secondary N) is 1. The van der Waals surface area contributed by atoms with Crippen LogP contribution < -0.4 is 5.32 Å². The van der Waals surface area contributed by atoms with Crippen LogP contribution in [0.1, 0.15) is 41.2 Å². The highest BCUT2D eigenvalue weighted by Crippen LogP contribution is 2.17. The van der Waals surface area contributed by atoms with Crippen molar-refractivity contribution in [1.82, 2.24) is 24.8 Å². The van der Waals surface area contributed by atoms with Crippen LogP contribution in [-0.4, -0.2) is 25.4 Å². The maximum Gasteiger partial charge on any atom is 0.257 e. The molecule has 0 saturated heterocycles. The molecule has 0 unspecified atom stereocenters. The molecule has 0 aromatic carbocycles. The van der Waals surface area contributed by atoms with E-state index in [1.165, 1.54) is 6.20 Å². The fourth-order valence-electron chi connectivity index (χ4n) is 2.15. The Hall–Kier alpha value is -2.70.